The van der Waals surface area contributed by atoms with E-state index in [0.717, 1.165) is 23.2 Å². The van der Waals surface area contributed by atoms with Crippen LogP contribution in [0.3, 0.4) is 0 Å². The Kier molecular flexibility index (Phi) is 5.87. The van der Waals surface area contributed by atoms with Crippen LogP contribution in [-0.2, 0) is 11.8 Å². The number of aromatic nitrogens is 1. The molecule has 0 N–H and O–H groups in total. The van der Waals surface area contributed by atoms with Crippen molar-refractivity contribution in [2.75, 3.05) is 13.2 Å². The molecule has 0 fully saturated rings. The Bertz CT molecular complexity index is 531. The van der Waals surface area contributed by atoms with Crippen LogP contribution in [0.5, 0.6) is 11.5 Å². The molecular weight excluding hydrogens is 318 g/mol. The van der Waals surface area contributed by atoms with E-state index in [1.165, 1.54) is 11.1 Å². The Labute approximate surface area is 128 Å². The van der Waals surface area contributed by atoms with Crippen LogP contribution < -0.4 is 9.47 Å². The molecule has 0 saturated heterocycles. The summed E-state index contributed by atoms with van der Waals surface area (Å²) >= 11 is 3.45. The van der Waals surface area contributed by atoms with Gasteiger partial charge in [-0.2, -0.15) is 0 Å². The molecule has 0 aliphatic carbocycles. The van der Waals surface area contributed by atoms with E-state index in [9.17, 15) is 0 Å². The number of hydrogen-bond donors (Lipinski definition) is 0. The molecule has 1 aromatic heterocycles. The van der Waals surface area contributed by atoms with Crippen LogP contribution in [0.2, 0.25) is 0 Å². The SMILES string of the molecule is CCOc1cc(CBr)ccc1OCCc1cccnc1. The van der Waals surface area contributed by atoms with E-state index in [-0.39, 0.29) is 0 Å². The van der Waals surface area contributed by atoms with Crippen molar-refractivity contribution in [2.45, 2.75) is 18.7 Å². The lowest BCUT2D eigenvalue weighted by atomic mass is 10.2. The number of alkyl halides is 1. The molecule has 0 bridgehead atoms. The lowest BCUT2D eigenvalue weighted by molar-refractivity contribution is 0.279. The fourth-order valence-electron chi connectivity index (χ4n) is 1.85. The number of ether oxygens (including phenoxy) is 2. The lowest BCUT2D eigenvalue weighted by Crippen LogP contribution is -2.04. The molecule has 0 radical (unpaired) electrons. The van der Waals surface area contributed by atoms with Crippen LogP contribution in [0.25, 0.3) is 0 Å². The van der Waals surface area contributed by atoms with Gasteiger partial charge in [0.25, 0.3) is 0 Å². The topological polar surface area (TPSA) is 31.4 Å². The van der Waals surface area contributed by atoms with Crippen LogP contribution >= 0.6 is 15.9 Å². The standard InChI is InChI=1S/C16H18BrNO2/c1-2-19-16-10-14(11-17)5-6-15(16)20-9-7-13-4-3-8-18-12-13/h3-6,8,10,12H,2,7,9,11H2,1H3. The van der Waals surface area contributed by atoms with E-state index in [1.807, 2.05) is 43.5 Å². The maximum atomic E-state index is 5.83. The molecule has 1 aromatic carbocycles. The average Bonchev–Trinajstić information content (AvgIpc) is 2.50. The molecule has 0 amide bonds. The average molecular weight is 336 g/mol. The maximum absolute atomic E-state index is 5.83. The van der Waals surface area contributed by atoms with Crippen molar-refractivity contribution in [3.05, 3.63) is 53.9 Å². The Morgan fingerprint density at radius 2 is 2.00 bits per heavy atom. The van der Waals surface area contributed by atoms with Gasteiger partial charge in [-0.1, -0.05) is 28.1 Å². The zero-order valence-corrected chi connectivity index (χ0v) is 13.1. The molecule has 1 heterocycles. The normalized spacial score (nSPS) is 10.3. The van der Waals surface area contributed by atoms with E-state index in [1.54, 1.807) is 6.20 Å². The summed E-state index contributed by atoms with van der Waals surface area (Å²) in [5.41, 5.74) is 2.34. The molecule has 0 saturated carbocycles. The summed E-state index contributed by atoms with van der Waals surface area (Å²) in [7, 11) is 0. The Balaban J connectivity index is 1.98. The van der Waals surface area contributed by atoms with Crippen LogP contribution in [0.15, 0.2) is 42.7 Å². The van der Waals surface area contributed by atoms with Gasteiger partial charge in [0.05, 0.1) is 13.2 Å². The van der Waals surface area contributed by atoms with Crippen LogP contribution in [0.4, 0.5) is 0 Å². The monoisotopic (exact) mass is 335 g/mol. The second-order valence-electron chi connectivity index (χ2n) is 4.31. The Morgan fingerprint density at radius 3 is 2.70 bits per heavy atom. The minimum Gasteiger partial charge on any atom is -0.490 e. The zero-order chi connectivity index (χ0) is 14.2. The smallest absolute Gasteiger partial charge is 0.161 e. The summed E-state index contributed by atoms with van der Waals surface area (Å²) < 4.78 is 11.4. The highest BCUT2D eigenvalue weighted by molar-refractivity contribution is 9.08. The van der Waals surface area contributed by atoms with Crippen molar-refractivity contribution in [3.63, 3.8) is 0 Å². The highest BCUT2D eigenvalue weighted by atomic mass is 79.9. The van der Waals surface area contributed by atoms with Gasteiger partial charge >= 0.3 is 0 Å². The van der Waals surface area contributed by atoms with Crippen molar-refractivity contribution >= 4 is 15.9 Å². The molecular formula is C16H18BrNO2. The van der Waals surface area contributed by atoms with Crippen LogP contribution in [0, 0.1) is 0 Å². The third kappa shape index (κ3) is 4.23. The van der Waals surface area contributed by atoms with Gasteiger partial charge in [0.15, 0.2) is 11.5 Å². The number of benzene rings is 1. The highest BCUT2D eigenvalue weighted by Crippen LogP contribution is 2.29. The molecule has 2 rings (SSSR count). The molecule has 0 aliphatic heterocycles. The van der Waals surface area contributed by atoms with Crippen molar-refractivity contribution in [3.8, 4) is 11.5 Å². The largest absolute Gasteiger partial charge is 0.490 e. The molecule has 3 nitrogen and oxygen atoms in total. The summed E-state index contributed by atoms with van der Waals surface area (Å²) in [6.07, 6.45) is 4.47. The molecule has 0 atom stereocenters. The van der Waals surface area contributed by atoms with E-state index in [4.69, 9.17) is 9.47 Å². The number of halogens is 1. The molecule has 0 unspecified atom stereocenters. The van der Waals surface area contributed by atoms with Gasteiger partial charge in [-0.15, -0.1) is 0 Å². The summed E-state index contributed by atoms with van der Waals surface area (Å²) in [4.78, 5) is 4.09. The van der Waals surface area contributed by atoms with Gasteiger partial charge in [0.1, 0.15) is 0 Å². The first-order chi connectivity index (χ1) is 9.83. The number of rotatable bonds is 7. The van der Waals surface area contributed by atoms with E-state index in [2.05, 4.69) is 20.9 Å². The molecule has 20 heavy (non-hydrogen) atoms. The minimum atomic E-state index is 0.611. The first-order valence-electron chi connectivity index (χ1n) is 6.67. The minimum absolute atomic E-state index is 0.611. The summed E-state index contributed by atoms with van der Waals surface area (Å²) in [6, 6.07) is 10.00. The molecule has 2 aromatic rings. The zero-order valence-electron chi connectivity index (χ0n) is 11.5. The van der Waals surface area contributed by atoms with Crippen molar-refractivity contribution < 1.29 is 9.47 Å². The fraction of sp³-hybridized carbons (Fsp3) is 0.312. The van der Waals surface area contributed by atoms with Crippen molar-refractivity contribution in [1.29, 1.82) is 0 Å². The first-order valence-corrected chi connectivity index (χ1v) is 7.79. The number of nitrogens with zero attached hydrogens (tertiary/aromatic N) is 1. The molecule has 0 aliphatic rings. The van der Waals surface area contributed by atoms with Gasteiger partial charge in [-0.05, 0) is 36.2 Å². The Morgan fingerprint density at radius 1 is 1.10 bits per heavy atom. The van der Waals surface area contributed by atoms with Crippen molar-refractivity contribution in [1.82, 2.24) is 4.98 Å². The third-order valence-electron chi connectivity index (χ3n) is 2.83. The number of hydrogen-bond acceptors (Lipinski definition) is 3. The maximum Gasteiger partial charge on any atom is 0.161 e. The van der Waals surface area contributed by atoms with Crippen LogP contribution in [0.1, 0.15) is 18.1 Å². The predicted molar refractivity (Wildman–Crippen MR) is 83.7 cm³/mol. The van der Waals surface area contributed by atoms with Gasteiger partial charge in [0, 0.05) is 24.1 Å². The molecule has 106 valence electrons. The van der Waals surface area contributed by atoms with Crippen LogP contribution in [-0.4, -0.2) is 18.2 Å². The lowest BCUT2D eigenvalue weighted by Gasteiger charge is -2.13. The van der Waals surface area contributed by atoms with E-state index >= 15 is 0 Å². The van der Waals surface area contributed by atoms with E-state index < -0.39 is 0 Å². The summed E-state index contributed by atoms with van der Waals surface area (Å²) in [5.74, 6) is 1.59. The summed E-state index contributed by atoms with van der Waals surface area (Å²) in [6.45, 7) is 3.21. The molecule has 0 spiro atoms. The summed E-state index contributed by atoms with van der Waals surface area (Å²) in [5, 5.41) is 0.809. The number of pyridine rings is 1. The first kappa shape index (κ1) is 14.9. The van der Waals surface area contributed by atoms with E-state index in [0.29, 0.717) is 13.2 Å². The third-order valence-corrected chi connectivity index (χ3v) is 3.48. The van der Waals surface area contributed by atoms with Gasteiger partial charge in [-0.25, -0.2) is 0 Å². The second kappa shape index (κ2) is 7.90. The van der Waals surface area contributed by atoms with Crippen molar-refractivity contribution in [2.24, 2.45) is 0 Å². The Hall–Kier alpha value is -1.55. The quantitative estimate of drug-likeness (QED) is 0.716. The van der Waals surface area contributed by atoms with Gasteiger partial charge in [-0.3, -0.25) is 4.98 Å². The fourth-order valence-corrected chi connectivity index (χ4v) is 2.20. The second-order valence-corrected chi connectivity index (χ2v) is 4.87. The predicted octanol–water partition coefficient (Wildman–Crippen LogP) is 4.00. The van der Waals surface area contributed by atoms with Gasteiger partial charge in [0.2, 0.25) is 0 Å². The highest BCUT2D eigenvalue weighted by Gasteiger charge is 2.06. The van der Waals surface area contributed by atoms with Gasteiger partial charge < -0.3 is 9.47 Å². The molecule has 4 heteroatoms.